The van der Waals surface area contributed by atoms with Crippen LogP contribution in [0.3, 0.4) is 0 Å². The Kier molecular flexibility index (Phi) is 7.53. The first-order valence-electron chi connectivity index (χ1n) is 7.41. The normalized spacial score (nSPS) is 12.7. The van der Waals surface area contributed by atoms with Crippen LogP contribution in [0, 0.1) is 5.92 Å². The van der Waals surface area contributed by atoms with E-state index in [4.69, 9.17) is 10.5 Å². The van der Waals surface area contributed by atoms with E-state index in [0.717, 1.165) is 17.9 Å². The summed E-state index contributed by atoms with van der Waals surface area (Å²) in [5.41, 5.74) is 7.09. The van der Waals surface area contributed by atoms with Gasteiger partial charge >= 0.3 is 0 Å². The summed E-state index contributed by atoms with van der Waals surface area (Å²) < 4.78 is 5.68. The number of benzene rings is 1. The molecular weight excluding hydrogens is 236 g/mol. The Balaban J connectivity index is 2.73. The molecule has 1 atom stereocenters. The molecular formula is C16H28N2O. The molecule has 0 aliphatic heterocycles. The molecule has 3 N–H and O–H groups in total. The van der Waals surface area contributed by atoms with Gasteiger partial charge in [-0.1, -0.05) is 44.9 Å². The van der Waals surface area contributed by atoms with E-state index < -0.39 is 0 Å². The number of hydrogen-bond acceptors (Lipinski definition) is 3. The number of hydrogen-bond donors (Lipinski definition) is 2. The molecule has 19 heavy (non-hydrogen) atoms. The van der Waals surface area contributed by atoms with E-state index in [1.807, 2.05) is 25.1 Å². The summed E-state index contributed by atoms with van der Waals surface area (Å²) in [5.74, 6) is 1.66. The van der Waals surface area contributed by atoms with Gasteiger partial charge in [0.05, 0.1) is 6.61 Å². The van der Waals surface area contributed by atoms with Crippen LogP contribution in [0.5, 0.6) is 5.75 Å². The highest BCUT2D eigenvalue weighted by Gasteiger charge is 2.15. The van der Waals surface area contributed by atoms with Crippen molar-refractivity contribution in [2.24, 2.45) is 11.7 Å². The second-order valence-corrected chi connectivity index (χ2v) is 4.85. The van der Waals surface area contributed by atoms with Crippen molar-refractivity contribution in [3.8, 4) is 5.75 Å². The largest absolute Gasteiger partial charge is 0.494 e. The molecule has 0 aliphatic rings. The molecule has 0 bridgehead atoms. The fourth-order valence-corrected chi connectivity index (χ4v) is 2.26. The standard InChI is InChI=1S/C16H28N2O/c1-4-13(5-2)12-18-15(11-17)14-9-7-8-10-16(14)19-6-3/h7-10,13,15,18H,4-6,11-12,17H2,1-3H3. The number of rotatable bonds is 9. The van der Waals surface area contributed by atoms with Crippen molar-refractivity contribution < 1.29 is 4.74 Å². The zero-order valence-corrected chi connectivity index (χ0v) is 12.5. The Morgan fingerprint density at radius 2 is 1.84 bits per heavy atom. The first-order chi connectivity index (χ1) is 9.26. The maximum Gasteiger partial charge on any atom is 0.124 e. The van der Waals surface area contributed by atoms with Crippen LogP contribution in [-0.2, 0) is 0 Å². The molecule has 1 unspecified atom stereocenters. The van der Waals surface area contributed by atoms with E-state index in [1.54, 1.807) is 0 Å². The maximum absolute atomic E-state index is 5.92. The van der Waals surface area contributed by atoms with Gasteiger partial charge in [0.1, 0.15) is 5.75 Å². The Morgan fingerprint density at radius 1 is 1.16 bits per heavy atom. The minimum Gasteiger partial charge on any atom is -0.494 e. The first-order valence-corrected chi connectivity index (χ1v) is 7.41. The van der Waals surface area contributed by atoms with Gasteiger partial charge < -0.3 is 15.8 Å². The van der Waals surface area contributed by atoms with Crippen molar-refractivity contribution in [1.82, 2.24) is 5.32 Å². The lowest BCUT2D eigenvalue weighted by molar-refractivity contribution is 0.329. The minimum atomic E-state index is 0.170. The minimum absolute atomic E-state index is 0.170. The number of nitrogens with one attached hydrogen (secondary N) is 1. The fraction of sp³-hybridized carbons (Fsp3) is 0.625. The molecule has 108 valence electrons. The summed E-state index contributed by atoms with van der Waals surface area (Å²) in [5, 5.41) is 3.58. The molecule has 3 heteroatoms. The van der Waals surface area contributed by atoms with Crippen LogP contribution < -0.4 is 15.8 Å². The molecule has 0 fully saturated rings. The van der Waals surface area contributed by atoms with E-state index in [-0.39, 0.29) is 6.04 Å². The summed E-state index contributed by atoms with van der Waals surface area (Å²) in [4.78, 5) is 0. The van der Waals surface area contributed by atoms with Gasteiger partial charge in [0.25, 0.3) is 0 Å². The predicted molar refractivity (Wildman–Crippen MR) is 81.5 cm³/mol. The van der Waals surface area contributed by atoms with Crippen LogP contribution in [0.25, 0.3) is 0 Å². The highest BCUT2D eigenvalue weighted by Crippen LogP contribution is 2.24. The molecule has 0 spiro atoms. The lowest BCUT2D eigenvalue weighted by Crippen LogP contribution is -2.32. The zero-order chi connectivity index (χ0) is 14.1. The van der Waals surface area contributed by atoms with Gasteiger partial charge in [-0.15, -0.1) is 0 Å². The third-order valence-electron chi connectivity index (χ3n) is 3.64. The first kappa shape index (κ1) is 16.0. The molecule has 0 aromatic heterocycles. The molecule has 0 amide bonds. The van der Waals surface area contributed by atoms with Gasteiger partial charge in [0, 0.05) is 18.2 Å². The van der Waals surface area contributed by atoms with E-state index in [1.165, 1.54) is 12.8 Å². The quantitative estimate of drug-likeness (QED) is 0.720. The fourth-order valence-electron chi connectivity index (χ4n) is 2.26. The van der Waals surface area contributed by atoms with Gasteiger partial charge in [-0.05, 0) is 25.5 Å². The second-order valence-electron chi connectivity index (χ2n) is 4.85. The van der Waals surface area contributed by atoms with E-state index in [0.29, 0.717) is 19.1 Å². The lowest BCUT2D eigenvalue weighted by atomic mass is 10.0. The van der Waals surface area contributed by atoms with Crippen LogP contribution in [0.2, 0.25) is 0 Å². The zero-order valence-electron chi connectivity index (χ0n) is 12.5. The third-order valence-corrected chi connectivity index (χ3v) is 3.64. The molecule has 1 aromatic rings. The van der Waals surface area contributed by atoms with Crippen LogP contribution >= 0.6 is 0 Å². The molecule has 0 saturated heterocycles. The van der Waals surface area contributed by atoms with Crippen LogP contribution in [-0.4, -0.2) is 19.7 Å². The smallest absolute Gasteiger partial charge is 0.124 e. The molecule has 3 nitrogen and oxygen atoms in total. The van der Waals surface area contributed by atoms with E-state index >= 15 is 0 Å². The van der Waals surface area contributed by atoms with Gasteiger partial charge in [0.2, 0.25) is 0 Å². The van der Waals surface area contributed by atoms with Crippen LogP contribution in [0.4, 0.5) is 0 Å². The highest BCUT2D eigenvalue weighted by atomic mass is 16.5. The Labute approximate surface area is 117 Å². The van der Waals surface area contributed by atoms with E-state index in [9.17, 15) is 0 Å². The van der Waals surface area contributed by atoms with Crippen LogP contribution in [0.1, 0.15) is 45.2 Å². The topological polar surface area (TPSA) is 47.3 Å². The maximum atomic E-state index is 5.92. The van der Waals surface area contributed by atoms with Crippen molar-refractivity contribution in [3.05, 3.63) is 29.8 Å². The summed E-state index contributed by atoms with van der Waals surface area (Å²) in [7, 11) is 0. The molecule has 0 radical (unpaired) electrons. The van der Waals surface area contributed by atoms with Crippen LogP contribution in [0.15, 0.2) is 24.3 Å². The highest BCUT2D eigenvalue weighted by molar-refractivity contribution is 5.36. The van der Waals surface area contributed by atoms with Crippen molar-refractivity contribution in [2.75, 3.05) is 19.7 Å². The monoisotopic (exact) mass is 264 g/mol. The summed E-state index contributed by atoms with van der Waals surface area (Å²) in [6.45, 7) is 8.76. The molecule has 1 rings (SSSR count). The summed E-state index contributed by atoms with van der Waals surface area (Å²) in [6, 6.07) is 8.33. The number of ether oxygens (including phenoxy) is 1. The van der Waals surface area contributed by atoms with Gasteiger partial charge in [-0.3, -0.25) is 0 Å². The van der Waals surface area contributed by atoms with Gasteiger partial charge in [0.15, 0.2) is 0 Å². The Hall–Kier alpha value is -1.06. The number of para-hydroxylation sites is 1. The SMILES string of the molecule is CCOc1ccccc1C(CN)NCC(CC)CC. The van der Waals surface area contributed by atoms with Crippen molar-refractivity contribution in [1.29, 1.82) is 0 Å². The van der Waals surface area contributed by atoms with Crippen molar-refractivity contribution in [2.45, 2.75) is 39.7 Å². The van der Waals surface area contributed by atoms with Gasteiger partial charge in [-0.25, -0.2) is 0 Å². The molecule has 0 saturated carbocycles. The Bertz CT molecular complexity index is 350. The molecule has 0 heterocycles. The average molecular weight is 264 g/mol. The summed E-state index contributed by atoms with van der Waals surface area (Å²) in [6.07, 6.45) is 2.40. The number of nitrogens with two attached hydrogens (primary N) is 1. The lowest BCUT2D eigenvalue weighted by Gasteiger charge is -2.23. The van der Waals surface area contributed by atoms with E-state index in [2.05, 4.69) is 25.2 Å². The Morgan fingerprint density at radius 3 is 2.42 bits per heavy atom. The summed E-state index contributed by atoms with van der Waals surface area (Å²) >= 11 is 0. The molecule has 0 aliphatic carbocycles. The van der Waals surface area contributed by atoms with Crippen molar-refractivity contribution in [3.63, 3.8) is 0 Å². The van der Waals surface area contributed by atoms with Crippen molar-refractivity contribution >= 4 is 0 Å². The third kappa shape index (κ3) is 4.84. The van der Waals surface area contributed by atoms with Gasteiger partial charge in [-0.2, -0.15) is 0 Å². The predicted octanol–water partition coefficient (Wildman–Crippen LogP) is 3.11. The average Bonchev–Trinajstić information content (AvgIpc) is 2.45. The molecule has 1 aromatic carbocycles. The second kappa shape index (κ2) is 8.94.